The summed E-state index contributed by atoms with van der Waals surface area (Å²) in [6.07, 6.45) is -4.12. The van der Waals surface area contributed by atoms with Crippen LogP contribution in [0.4, 0.5) is 18.9 Å². The fourth-order valence-corrected chi connectivity index (χ4v) is 2.41. The molecule has 0 bridgehead atoms. The van der Waals surface area contributed by atoms with Gasteiger partial charge in [-0.05, 0) is 54.3 Å². The number of hydrogen-bond acceptors (Lipinski definition) is 4. The van der Waals surface area contributed by atoms with Gasteiger partial charge >= 0.3 is 12.3 Å². The molecule has 134 valence electrons. The van der Waals surface area contributed by atoms with Crippen LogP contribution in [0.5, 0.6) is 5.75 Å². The summed E-state index contributed by atoms with van der Waals surface area (Å²) >= 11 is 0. The molecule has 0 fully saturated rings. The molecule has 0 saturated heterocycles. The summed E-state index contributed by atoms with van der Waals surface area (Å²) in [5.74, 6) is -0.607. The van der Waals surface area contributed by atoms with E-state index < -0.39 is 6.36 Å². The number of hydrogen-bond donors (Lipinski definition) is 1. The molecule has 0 unspecified atom stereocenters. The van der Waals surface area contributed by atoms with Gasteiger partial charge in [0.25, 0.3) is 0 Å². The van der Waals surface area contributed by atoms with Crippen molar-refractivity contribution in [2.75, 3.05) is 12.3 Å². The van der Waals surface area contributed by atoms with E-state index >= 15 is 0 Å². The Morgan fingerprint density at radius 1 is 1.12 bits per heavy atom. The minimum atomic E-state index is -4.73. The fraction of sp³-hybridized carbons (Fsp3) is 0.278. The van der Waals surface area contributed by atoms with Gasteiger partial charge in [0.1, 0.15) is 5.75 Å². The lowest BCUT2D eigenvalue weighted by Crippen LogP contribution is -2.16. The second-order valence-electron chi connectivity index (χ2n) is 5.29. The molecule has 0 aliphatic carbocycles. The monoisotopic (exact) mass is 353 g/mol. The van der Waals surface area contributed by atoms with Crippen LogP contribution in [0.15, 0.2) is 42.5 Å². The Hall–Kier alpha value is -2.70. The molecule has 0 atom stereocenters. The van der Waals surface area contributed by atoms with E-state index in [1.165, 1.54) is 24.3 Å². The van der Waals surface area contributed by atoms with Crippen LogP contribution in [0.25, 0.3) is 11.1 Å². The lowest BCUT2D eigenvalue weighted by atomic mass is 9.96. The van der Waals surface area contributed by atoms with Crippen molar-refractivity contribution >= 4 is 11.7 Å². The Morgan fingerprint density at radius 2 is 1.80 bits per heavy atom. The molecular weight excluding hydrogens is 335 g/mol. The van der Waals surface area contributed by atoms with Crippen molar-refractivity contribution in [1.29, 1.82) is 0 Å². The number of anilines is 1. The molecule has 0 aromatic heterocycles. The Morgan fingerprint density at radius 3 is 2.40 bits per heavy atom. The van der Waals surface area contributed by atoms with Gasteiger partial charge in [-0.2, -0.15) is 0 Å². The van der Waals surface area contributed by atoms with Crippen LogP contribution in [0.3, 0.4) is 0 Å². The molecule has 0 aliphatic heterocycles. The number of carbonyl (C=O) groups is 1. The third-order valence-corrected chi connectivity index (χ3v) is 3.43. The zero-order valence-electron chi connectivity index (χ0n) is 13.6. The molecule has 25 heavy (non-hydrogen) atoms. The van der Waals surface area contributed by atoms with E-state index in [2.05, 4.69) is 4.74 Å². The lowest BCUT2D eigenvalue weighted by Gasteiger charge is -2.12. The molecule has 0 radical (unpaired) electrons. The smallest absolute Gasteiger partial charge is 0.466 e. The molecule has 0 heterocycles. The SMILES string of the molecule is CCOC(=O)CCc1cc(N)ccc1-c1ccc(OC(F)(F)F)cc1. The van der Waals surface area contributed by atoms with Crippen LogP contribution in [0.1, 0.15) is 18.9 Å². The molecule has 0 saturated carbocycles. The predicted octanol–water partition coefficient (Wildman–Crippen LogP) is 4.33. The average molecular weight is 353 g/mol. The number of ether oxygens (including phenoxy) is 2. The molecule has 2 aromatic rings. The summed E-state index contributed by atoms with van der Waals surface area (Å²) in [6.45, 7) is 2.04. The maximum absolute atomic E-state index is 12.2. The van der Waals surface area contributed by atoms with E-state index in [0.717, 1.165) is 11.1 Å². The van der Waals surface area contributed by atoms with Crippen molar-refractivity contribution < 1.29 is 27.4 Å². The Labute approximate surface area is 143 Å². The number of nitrogen functional groups attached to an aromatic ring is 1. The van der Waals surface area contributed by atoms with Crippen molar-refractivity contribution in [3.8, 4) is 16.9 Å². The number of aryl methyl sites for hydroxylation is 1. The third-order valence-electron chi connectivity index (χ3n) is 3.43. The van der Waals surface area contributed by atoms with Crippen LogP contribution in [-0.2, 0) is 16.0 Å². The third kappa shape index (κ3) is 5.70. The van der Waals surface area contributed by atoms with E-state index in [0.29, 0.717) is 24.3 Å². The van der Waals surface area contributed by atoms with Crippen LogP contribution < -0.4 is 10.5 Å². The predicted molar refractivity (Wildman–Crippen MR) is 87.9 cm³/mol. The second kappa shape index (κ2) is 7.92. The molecule has 2 aromatic carbocycles. The van der Waals surface area contributed by atoms with Crippen molar-refractivity contribution in [1.82, 2.24) is 0 Å². The molecular formula is C18H18F3NO3. The molecule has 0 amide bonds. The first-order chi connectivity index (χ1) is 11.8. The number of benzene rings is 2. The highest BCUT2D eigenvalue weighted by Crippen LogP contribution is 2.30. The highest BCUT2D eigenvalue weighted by Gasteiger charge is 2.31. The first kappa shape index (κ1) is 18.6. The number of halogens is 3. The van der Waals surface area contributed by atoms with Crippen LogP contribution in [0.2, 0.25) is 0 Å². The standard InChI is InChI=1S/C18H18F3NO3/c1-2-24-17(23)10-5-13-11-14(22)6-9-16(13)12-3-7-15(8-4-12)25-18(19,20)21/h3-4,6-9,11H,2,5,10,22H2,1H3. The summed E-state index contributed by atoms with van der Waals surface area (Å²) in [6, 6.07) is 10.8. The summed E-state index contributed by atoms with van der Waals surface area (Å²) in [5.41, 5.74) is 8.65. The highest BCUT2D eigenvalue weighted by molar-refractivity contribution is 5.73. The zero-order chi connectivity index (χ0) is 18.4. The van der Waals surface area contributed by atoms with Crippen LogP contribution in [-0.4, -0.2) is 18.9 Å². The number of rotatable bonds is 6. The fourth-order valence-electron chi connectivity index (χ4n) is 2.41. The second-order valence-corrected chi connectivity index (χ2v) is 5.29. The molecule has 0 aliphatic rings. The Balaban J connectivity index is 2.22. The van der Waals surface area contributed by atoms with E-state index in [1.807, 2.05) is 0 Å². The topological polar surface area (TPSA) is 61.5 Å². The van der Waals surface area contributed by atoms with Gasteiger partial charge in [-0.15, -0.1) is 13.2 Å². The van der Waals surface area contributed by atoms with Crippen molar-refractivity contribution in [2.24, 2.45) is 0 Å². The molecule has 2 N–H and O–H groups in total. The van der Waals surface area contributed by atoms with Gasteiger partial charge in [0.15, 0.2) is 0 Å². The van der Waals surface area contributed by atoms with E-state index in [1.54, 1.807) is 25.1 Å². The Bertz CT molecular complexity index is 727. The molecule has 2 rings (SSSR count). The Kier molecular flexibility index (Phi) is 5.90. The van der Waals surface area contributed by atoms with Gasteiger partial charge in [-0.1, -0.05) is 18.2 Å². The van der Waals surface area contributed by atoms with E-state index in [-0.39, 0.29) is 18.1 Å². The van der Waals surface area contributed by atoms with Gasteiger partial charge in [-0.3, -0.25) is 4.79 Å². The van der Waals surface area contributed by atoms with Crippen molar-refractivity contribution in [3.63, 3.8) is 0 Å². The summed E-state index contributed by atoms with van der Waals surface area (Å²) in [7, 11) is 0. The summed E-state index contributed by atoms with van der Waals surface area (Å²) < 4.78 is 45.5. The maximum atomic E-state index is 12.2. The number of nitrogens with two attached hydrogens (primary N) is 1. The molecule has 7 heteroatoms. The zero-order valence-corrected chi connectivity index (χ0v) is 13.6. The van der Waals surface area contributed by atoms with Gasteiger partial charge in [0.05, 0.1) is 6.61 Å². The van der Waals surface area contributed by atoms with E-state index in [9.17, 15) is 18.0 Å². The van der Waals surface area contributed by atoms with Gasteiger partial charge in [0, 0.05) is 12.1 Å². The number of alkyl halides is 3. The quantitative estimate of drug-likeness (QED) is 0.620. The average Bonchev–Trinajstić information content (AvgIpc) is 2.53. The van der Waals surface area contributed by atoms with Gasteiger partial charge in [-0.25, -0.2) is 0 Å². The van der Waals surface area contributed by atoms with Crippen molar-refractivity contribution in [3.05, 3.63) is 48.0 Å². The largest absolute Gasteiger partial charge is 0.573 e. The van der Waals surface area contributed by atoms with Crippen LogP contribution >= 0.6 is 0 Å². The van der Waals surface area contributed by atoms with Crippen molar-refractivity contribution in [2.45, 2.75) is 26.1 Å². The van der Waals surface area contributed by atoms with Gasteiger partial charge < -0.3 is 15.2 Å². The summed E-state index contributed by atoms with van der Waals surface area (Å²) in [4.78, 5) is 11.6. The normalized spacial score (nSPS) is 11.2. The number of esters is 1. The van der Waals surface area contributed by atoms with Crippen LogP contribution in [0, 0.1) is 0 Å². The van der Waals surface area contributed by atoms with Gasteiger partial charge in [0.2, 0.25) is 0 Å². The summed E-state index contributed by atoms with van der Waals surface area (Å²) in [5, 5.41) is 0. The minimum Gasteiger partial charge on any atom is -0.466 e. The molecule has 4 nitrogen and oxygen atoms in total. The first-order valence-electron chi connectivity index (χ1n) is 7.68. The lowest BCUT2D eigenvalue weighted by molar-refractivity contribution is -0.274. The minimum absolute atomic E-state index is 0.194. The first-order valence-corrected chi connectivity index (χ1v) is 7.68. The number of carbonyl (C=O) groups excluding carboxylic acids is 1. The molecule has 0 spiro atoms. The highest BCUT2D eigenvalue weighted by atomic mass is 19.4. The maximum Gasteiger partial charge on any atom is 0.573 e. The van der Waals surface area contributed by atoms with E-state index in [4.69, 9.17) is 10.5 Å².